The summed E-state index contributed by atoms with van der Waals surface area (Å²) in [6.07, 6.45) is 4.18. The van der Waals surface area contributed by atoms with E-state index in [9.17, 15) is 4.79 Å². The molecule has 26 heavy (non-hydrogen) atoms. The second kappa shape index (κ2) is 14.2. The highest BCUT2D eigenvalue weighted by Crippen LogP contribution is 2.10. The molecule has 152 valence electrons. The number of nitrogens with zero attached hydrogens (tertiary/aromatic N) is 3. The second-order valence-electron chi connectivity index (χ2n) is 6.80. The van der Waals surface area contributed by atoms with Crippen molar-refractivity contribution in [3.8, 4) is 0 Å². The predicted molar refractivity (Wildman–Crippen MR) is 118 cm³/mol. The van der Waals surface area contributed by atoms with Crippen LogP contribution < -0.4 is 10.6 Å². The maximum atomic E-state index is 11.7. The molecule has 0 saturated carbocycles. The van der Waals surface area contributed by atoms with Crippen LogP contribution in [0.5, 0.6) is 0 Å². The average Bonchev–Trinajstić information content (AvgIpc) is 2.58. The largest absolute Gasteiger partial charge is 0.377 e. The molecule has 1 aliphatic rings. The molecule has 0 spiro atoms. The van der Waals surface area contributed by atoms with Gasteiger partial charge in [-0.1, -0.05) is 6.08 Å². The molecule has 0 aliphatic carbocycles. The highest BCUT2D eigenvalue weighted by atomic mass is 127. The Bertz CT molecular complexity index is 435. The Labute approximate surface area is 175 Å². The molecule has 0 unspecified atom stereocenters. The van der Waals surface area contributed by atoms with Gasteiger partial charge in [0.2, 0.25) is 5.91 Å². The van der Waals surface area contributed by atoms with Crippen molar-refractivity contribution in [3.05, 3.63) is 12.7 Å². The third-order valence-electron chi connectivity index (χ3n) is 4.07. The summed E-state index contributed by atoms with van der Waals surface area (Å²) in [6, 6.07) is 0.368. The number of likely N-dealkylation sites (N-methyl/N-ethyl adjacent to an activating group) is 1. The minimum absolute atomic E-state index is 0. The maximum absolute atomic E-state index is 11.7. The molecule has 0 aromatic heterocycles. The molecular formula is C18H36IN5O2. The highest BCUT2D eigenvalue weighted by Gasteiger charge is 2.20. The molecule has 7 nitrogen and oxygen atoms in total. The van der Waals surface area contributed by atoms with E-state index in [1.54, 1.807) is 25.1 Å². The number of amides is 1. The van der Waals surface area contributed by atoms with Gasteiger partial charge in [0, 0.05) is 46.3 Å². The Morgan fingerprint density at radius 2 is 2.04 bits per heavy atom. The zero-order valence-electron chi connectivity index (χ0n) is 16.7. The molecular weight excluding hydrogens is 445 g/mol. The van der Waals surface area contributed by atoms with Gasteiger partial charge in [-0.25, -0.2) is 4.99 Å². The van der Waals surface area contributed by atoms with E-state index in [4.69, 9.17) is 4.74 Å². The van der Waals surface area contributed by atoms with E-state index in [2.05, 4.69) is 41.0 Å². The molecule has 0 bridgehead atoms. The normalized spacial score (nSPS) is 16.1. The molecule has 0 radical (unpaired) electrons. The maximum Gasteiger partial charge on any atom is 0.243 e. The number of piperidine rings is 1. The zero-order chi connectivity index (χ0) is 18.7. The van der Waals surface area contributed by atoms with E-state index in [1.807, 2.05) is 0 Å². The van der Waals surface area contributed by atoms with Gasteiger partial charge >= 0.3 is 0 Å². The van der Waals surface area contributed by atoms with Gasteiger partial charge in [-0.05, 0) is 26.7 Å². The van der Waals surface area contributed by atoms with Crippen molar-refractivity contribution in [1.82, 2.24) is 20.4 Å². The van der Waals surface area contributed by atoms with Gasteiger partial charge < -0.3 is 25.2 Å². The lowest BCUT2D eigenvalue weighted by atomic mass is 10.1. The van der Waals surface area contributed by atoms with Crippen LogP contribution in [0.15, 0.2) is 17.6 Å². The first-order valence-corrected chi connectivity index (χ1v) is 9.12. The molecule has 1 saturated heterocycles. The number of guanidine groups is 1. The van der Waals surface area contributed by atoms with Crippen LogP contribution in [-0.2, 0) is 9.53 Å². The van der Waals surface area contributed by atoms with E-state index in [1.165, 1.54) is 0 Å². The Morgan fingerprint density at radius 1 is 1.38 bits per heavy atom. The van der Waals surface area contributed by atoms with Crippen molar-refractivity contribution >= 4 is 35.8 Å². The van der Waals surface area contributed by atoms with Crippen LogP contribution in [0.3, 0.4) is 0 Å². The summed E-state index contributed by atoms with van der Waals surface area (Å²) in [7, 11) is 3.47. The van der Waals surface area contributed by atoms with Gasteiger partial charge in [-0.2, -0.15) is 0 Å². The van der Waals surface area contributed by atoms with Gasteiger partial charge in [0.15, 0.2) is 5.96 Å². The van der Waals surface area contributed by atoms with E-state index in [0.29, 0.717) is 24.7 Å². The lowest BCUT2D eigenvalue weighted by Gasteiger charge is -2.33. The summed E-state index contributed by atoms with van der Waals surface area (Å²) < 4.78 is 5.62. The van der Waals surface area contributed by atoms with Crippen molar-refractivity contribution in [3.63, 3.8) is 0 Å². The standard InChI is InChI=1S/C18H35N5O2.HI/c1-6-9-19-18(20-14-17(24)22(4)5)21-16-7-10-23(11-8-16)12-13-25-15(2)3;/h6,15-16H,1,7-14H2,2-5H3,(H2,19,20,21);1H. The summed E-state index contributed by atoms with van der Waals surface area (Å²) in [5.41, 5.74) is 0. The van der Waals surface area contributed by atoms with Crippen LogP contribution in [0, 0.1) is 0 Å². The quantitative estimate of drug-likeness (QED) is 0.225. The Balaban J connectivity index is 0.00000625. The molecule has 8 heteroatoms. The molecule has 0 aromatic rings. The molecule has 0 atom stereocenters. The van der Waals surface area contributed by atoms with Crippen LogP contribution in [-0.4, -0.2) is 87.2 Å². The van der Waals surface area contributed by atoms with E-state index in [0.717, 1.165) is 39.1 Å². The number of halogens is 1. The minimum Gasteiger partial charge on any atom is -0.377 e. The fourth-order valence-electron chi connectivity index (χ4n) is 2.52. The van der Waals surface area contributed by atoms with Gasteiger partial charge in [0.1, 0.15) is 6.54 Å². The molecule has 1 rings (SSSR count). The third kappa shape index (κ3) is 11.0. The fourth-order valence-corrected chi connectivity index (χ4v) is 2.52. The Morgan fingerprint density at radius 3 is 2.58 bits per heavy atom. The van der Waals surface area contributed by atoms with Crippen molar-refractivity contribution < 1.29 is 9.53 Å². The van der Waals surface area contributed by atoms with Crippen molar-refractivity contribution in [2.45, 2.75) is 38.8 Å². The molecule has 1 heterocycles. The molecule has 0 aromatic carbocycles. The number of carbonyl (C=O) groups excluding carboxylic acids is 1. The smallest absolute Gasteiger partial charge is 0.243 e. The summed E-state index contributed by atoms with van der Waals surface area (Å²) in [5, 5.41) is 6.63. The lowest BCUT2D eigenvalue weighted by molar-refractivity contribution is -0.127. The van der Waals surface area contributed by atoms with E-state index >= 15 is 0 Å². The zero-order valence-corrected chi connectivity index (χ0v) is 19.0. The van der Waals surface area contributed by atoms with Crippen molar-refractivity contribution in [1.29, 1.82) is 0 Å². The topological polar surface area (TPSA) is 69.2 Å². The monoisotopic (exact) mass is 481 g/mol. The molecule has 2 N–H and O–H groups in total. The molecule has 1 aliphatic heterocycles. The van der Waals surface area contributed by atoms with Crippen molar-refractivity contribution in [2.75, 3.05) is 53.4 Å². The van der Waals surface area contributed by atoms with Gasteiger partial charge in [0.05, 0.1) is 12.7 Å². The van der Waals surface area contributed by atoms with E-state index in [-0.39, 0.29) is 36.4 Å². The number of nitrogens with one attached hydrogen (secondary N) is 2. The van der Waals surface area contributed by atoms with Crippen LogP contribution in [0.4, 0.5) is 0 Å². The first-order chi connectivity index (χ1) is 11.9. The number of hydrogen-bond acceptors (Lipinski definition) is 4. The third-order valence-corrected chi connectivity index (χ3v) is 4.07. The summed E-state index contributed by atoms with van der Waals surface area (Å²) in [6.45, 7) is 12.5. The minimum atomic E-state index is -0.0142. The molecule has 1 amide bonds. The Hall–Kier alpha value is -0.870. The average molecular weight is 481 g/mol. The fraction of sp³-hybridized carbons (Fsp3) is 0.778. The first-order valence-electron chi connectivity index (χ1n) is 9.12. The van der Waals surface area contributed by atoms with Gasteiger partial charge in [-0.3, -0.25) is 4.79 Å². The van der Waals surface area contributed by atoms with Gasteiger partial charge in [-0.15, -0.1) is 30.6 Å². The number of ether oxygens (including phenoxy) is 1. The van der Waals surface area contributed by atoms with Crippen LogP contribution in [0.25, 0.3) is 0 Å². The highest BCUT2D eigenvalue weighted by molar-refractivity contribution is 14.0. The number of aliphatic imine (C=N–C) groups is 1. The molecule has 1 fully saturated rings. The number of rotatable bonds is 9. The van der Waals surface area contributed by atoms with Crippen molar-refractivity contribution in [2.24, 2.45) is 4.99 Å². The van der Waals surface area contributed by atoms with E-state index < -0.39 is 0 Å². The first kappa shape index (κ1) is 25.1. The summed E-state index contributed by atoms with van der Waals surface area (Å²) >= 11 is 0. The van der Waals surface area contributed by atoms with Crippen LogP contribution >= 0.6 is 24.0 Å². The van der Waals surface area contributed by atoms with Gasteiger partial charge in [0.25, 0.3) is 0 Å². The number of carbonyl (C=O) groups is 1. The van der Waals surface area contributed by atoms with Crippen LogP contribution in [0.1, 0.15) is 26.7 Å². The summed E-state index contributed by atoms with van der Waals surface area (Å²) in [4.78, 5) is 20.1. The van der Waals surface area contributed by atoms with Crippen LogP contribution in [0.2, 0.25) is 0 Å². The predicted octanol–water partition coefficient (Wildman–Crippen LogP) is 1.30. The SMILES string of the molecule is C=CCNC(=NCC(=O)N(C)C)NC1CCN(CCOC(C)C)CC1.I. The number of hydrogen-bond donors (Lipinski definition) is 2. The Kier molecular flexibility index (Phi) is 13.7. The second-order valence-corrected chi connectivity index (χ2v) is 6.80. The summed E-state index contributed by atoms with van der Waals surface area (Å²) in [5.74, 6) is 0.663. The number of likely N-dealkylation sites (tertiary alicyclic amines) is 1. The lowest BCUT2D eigenvalue weighted by Crippen LogP contribution is -2.49.